The van der Waals surface area contributed by atoms with Gasteiger partial charge in [-0.1, -0.05) is 0 Å². The molecule has 6 nitrogen and oxygen atoms in total. The van der Waals surface area contributed by atoms with Gasteiger partial charge in [-0.05, 0) is 25.8 Å². The van der Waals surface area contributed by atoms with E-state index in [0.29, 0.717) is 26.1 Å². The minimum atomic E-state index is -3.39. The minimum Gasteiger partial charge on any atom is -0.387 e. The minimum absolute atomic E-state index is 0.0961. The summed E-state index contributed by atoms with van der Waals surface area (Å²) in [7, 11) is -3.39. The third-order valence-electron chi connectivity index (χ3n) is 3.21. The molecule has 0 aromatic heterocycles. The van der Waals surface area contributed by atoms with Crippen molar-refractivity contribution in [1.82, 2.24) is 14.3 Å². The van der Waals surface area contributed by atoms with Crippen molar-refractivity contribution in [3.05, 3.63) is 0 Å². The molecular weight excluding hydrogens is 230 g/mol. The molecule has 7 heteroatoms. The summed E-state index contributed by atoms with van der Waals surface area (Å²) in [5.74, 6) is 0. The predicted molar refractivity (Wildman–Crippen MR) is 60.2 cm³/mol. The molecule has 0 aliphatic carbocycles. The second-order valence-corrected chi connectivity index (χ2v) is 6.34. The van der Waals surface area contributed by atoms with Crippen LogP contribution in [0, 0.1) is 0 Å². The zero-order valence-electron chi connectivity index (χ0n) is 9.28. The van der Waals surface area contributed by atoms with Gasteiger partial charge in [0.1, 0.15) is 0 Å². The zero-order valence-corrected chi connectivity index (χ0v) is 10.1. The molecule has 2 aliphatic rings. The van der Waals surface area contributed by atoms with E-state index < -0.39 is 15.8 Å². The van der Waals surface area contributed by atoms with Crippen molar-refractivity contribution in [3.63, 3.8) is 0 Å². The molecule has 0 radical (unpaired) electrons. The average molecular weight is 249 g/mol. The number of rotatable bonds is 4. The number of hydrogen-bond donors (Lipinski definition) is 3. The van der Waals surface area contributed by atoms with Crippen molar-refractivity contribution in [2.45, 2.75) is 24.9 Å². The van der Waals surface area contributed by atoms with Gasteiger partial charge in [0.15, 0.2) is 0 Å². The summed E-state index contributed by atoms with van der Waals surface area (Å²) in [6.07, 6.45) is 2.44. The molecule has 94 valence electrons. The first kappa shape index (κ1) is 12.3. The van der Waals surface area contributed by atoms with Gasteiger partial charge in [0.2, 0.25) is 0 Å². The van der Waals surface area contributed by atoms with E-state index in [4.69, 9.17) is 0 Å². The maximum atomic E-state index is 11.8. The molecule has 0 saturated carbocycles. The standard InChI is InChI=1S/C9H19N3O3S/c13-9(3-4-10-7-9)8-11-16(14,15)12-5-1-2-6-12/h10-11,13H,1-8H2. The normalized spacial score (nSPS) is 32.3. The maximum Gasteiger partial charge on any atom is 0.279 e. The van der Waals surface area contributed by atoms with Crippen LogP contribution in [-0.4, -0.2) is 56.2 Å². The molecule has 1 unspecified atom stereocenters. The number of hydrogen-bond acceptors (Lipinski definition) is 4. The summed E-state index contributed by atoms with van der Waals surface area (Å²) in [6, 6.07) is 0. The molecule has 16 heavy (non-hydrogen) atoms. The van der Waals surface area contributed by atoms with Gasteiger partial charge in [0.25, 0.3) is 10.2 Å². The van der Waals surface area contributed by atoms with Gasteiger partial charge in [-0.25, -0.2) is 0 Å². The Bertz CT molecular complexity index is 332. The lowest BCUT2D eigenvalue weighted by atomic mass is 10.1. The van der Waals surface area contributed by atoms with Crippen LogP contribution >= 0.6 is 0 Å². The van der Waals surface area contributed by atoms with Gasteiger partial charge in [-0.15, -0.1) is 0 Å². The van der Waals surface area contributed by atoms with Crippen LogP contribution in [-0.2, 0) is 10.2 Å². The molecule has 3 N–H and O–H groups in total. The van der Waals surface area contributed by atoms with E-state index in [9.17, 15) is 13.5 Å². The van der Waals surface area contributed by atoms with Gasteiger partial charge in [0, 0.05) is 26.2 Å². The molecule has 2 heterocycles. The fourth-order valence-electron chi connectivity index (χ4n) is 2.13. The lowest BCUT2D eigenvalue weighted by Gasteiger charge is -2.23. The van der Waals surface area contributed by atoms with E-state index in [1.807, 2.05) is 0 Å². The highest BCUT2D eigenvalue weighted by Gasteiger charge is 2.34. The summed E-state index contributed by atoms with van der Waals surface area (Å²) in [5, 5.41) is 13.0. The van der Waals surface area contributed by atoms with E-state index in [0.717, 1.165) is 19.4 Å². The van der Waals surface area contributed by atoms with Gasteiger partial charge in [-0.3, -0.25) is 0 Å². The molecule has 0 amide bonds. The summed E-state index contributed by atoms with van der Waals surface area (Å²) in [6.45, 7) is 2.47. The highest BCUT2D eigenvalue weighted by Crippen LogP contribution is 2.15. The molecule has 2 saturated heterocycles. The number of nitrogens with one attached hydrogen (secondary N) is 2. The second-order valence-electron chi connectivity index (χ2n) is 4.58. The molecule has 2 aliphatic heterocycles. The van der Waals surface area contributed by atoms with Crippen molar-refractivity contribution in [3.8, 4) is 0 Å². The van der Waals surface area contributed by atoms with Crippen molar-refractivity contribution in [2.75, 3.05) is 32.7 Å². The van der Waals surface area contributed by atoms with Crippen LogP contribution < -0.4 is 10.0 Å². The van der Waals surface area contributed by atoms with E-state index in [1.54, 1.807) is 0 Å². The average Bonchev–Trinajstić information content (AvgIpc) is 2.86. The van der Waals surface area contributed by atoms with E-state index in [2.05, 4.69) is 10.0 Å². The second kappa shape index (κ2) is 4.58. The molecule has 2 rings (SSSR count). The lowest BCUT2D eigenvalue weighted by molar-refractivity contribution is 0.0663. The lowest BCUT2D eigenvalue weighted by Crippen LogP contribution is -2.48. The Morgan fingerprint density at radius 1 is 1.38 bits per heavy atom. The number of nitrogens with zero attached hydrogens (tertiary/aromatic N) is 1. The van der Waals surface area contributed by atoms with Crippen LogP contribution in [0.1, 0.15) is 19.3 Å². The Balaban J connectivity index is 1.88. The Morgan fingerprint density at radius 2 is 2.06 bits per heavy atom. The smallest absolute Gasteiger partial charge is 0.279 e. The topological polar surface area (TPSA) is 81.7 Å². The Labute approximate surface area is 96.2 Å². The SMILES string of the molecule is O=S(=O)(NCC1(O)CCNC1)N1CCCC1. The fourth-order valence-corrected chi connectivity index (χ4v) is 3.50. The van der Waals surface area contributed by atoms with Gasteiger partial charge in [0.05, 0.1) is 5.60 Å². The quantitative estimate of drug-likeness (QED) is 0.575. The van der Waals surface area contributed by atoms with Gasteiger partial charge in [-0.2, -0.15) is 17.4 Å². The molecule has 0 spiro atoms. The maximum absolute atomic E-state index is 11.8. The van der Waals surface area contributed by atoms with Crippen molar-refractivity contribution in [1.29, 1.82) is 0 Å². The largest absolute Gasteiger partial charge is 0.387 e. The molecule has 0 aromatic carbocycles. The van der Waals surface area contributed by atoms with Crippen LogP contribution in [0.4, 0.5) is 0 Å². The van der Waals surface area contributed by atoms with Gasteiger partial charge >= 0.3 is 0 Å². The summed E-state index contributed by atoms with van der Waals surface area (Å²) in [4.78, 5) is 0. The summed E-state index contributed by atoms with van der Waals surface area (Å²) >= 11 is 0. The molecule has 2 fully saturated rings. The predicted octanol–water partition coefficient (Wildman–Crippen LogP) is -1.36. The number of aliphatic hydroxyl groups is 1. The molecule has 0 aromatic rings. The van der Waals surface area contributed by atoms with Crippen LogP contribution in [0.2, 0.25) is 0 Å². The summed E-state index contributed by atoms with van der Waals surface area (Å²) < 4.78 is 27.6. The molecule has 1 atom stereocenters. The van der Waals surface area contributed by atoms with Gasteiger partial charge < -0.3 is 10.4 Å². The first-order valence-corrected chi connectivity index (χ1v) is 7.14. The van der Waals surface area contributed by atoms with E-state index in [-0.39, 0.29) is 6.54 Å². The van der Waals surface area contributed by atoms with Crippen LogP contribution in [0.5, 0.6) is 0 Å². The third kappa shape index (κ3) is 2.72. The Hall–Kier alpha value is -0.210. The first-order chi connectivity index (χ1) is 7.52. The zero-order chi connectivity index (χ0) is 11.6. The fraction of sp³-hybridized carbons (Fsp3) is 1.00. The molecular formula is C9H19N3O3S. The monoisotopic (exact) mass is 249 g/mol. The highest BCUT2D eigenvalue weighted by molar-refractivity contribution is 7.87. The van der Waals surface area contributed by atoms with E-state index >= 15 is 0 Å². The van der Waals surface area contributed by atoms with E-state index in [1.165, 1.54) is 4.31 Å². The highest BCUT2D eigenvalue weighted by atomic mass is 32.2. The van der Waals surface area contributed by atoms with Crippen molar-refractivity contribution < 1.29 is 13.5 Å². The van der Waals surface area contributed by atoms with Crippen LogP contribution in [0.15, 0.2) is 0 Å². The number of β-amino-alcohol motifs (C(OH)–C–C–N with tert-alkyl or cyclic N) is 1. The van der Waals surface area contributed by atoms with Crippen molar-refractivity contribution >= 4 is 10.2 Å². The summed E-state index contributed by atoms with van der Waals surface area (Å²) in [5.41, 5.74) is -0.924. The third-order valence-corrected chi connectivity index (χ3v) is 4.76. The Kier molecular flexibility index (Phi) is 3.50. The Morgan fingerprint density at radius 3 is 2.62 bits per heavy atom. The first-order valence-electron chi connectivity index (χ1n) is 5.70. The molecule has 0 bridgehead atoms. The van der Waals surface area contributed by atoms with Crippen LogP contribution in [0.3, 0.4) is 0 Å². The van der Waals surface area contributed by atoms with Crippen molar-refractivity contribution in [2.24, 2.45) is 0 Å². The van der Waals surface area contributed by atoms with Crippen LogP contribution in [0.25, 0.3) is 0 Å².